The molecule has 0 unspecified atom stereocenters. The number of carbonyl (C=O) groups excluding carboxylic acids is 1. The van der Waals surface area contributed by atoms with Gasteiger partial charge in [-0.1, -0.05) is 42.5 Å². The number of esters is 1. The molecule has 1 heterocycles. The van der Waals surface area contributed by atoms with Crippen LogP contribution in [0.2, 0.25) is 0 Å². The molecule has 0 bridgehead atoms. The summed E-state index contributed by atoms with van der Waals surface area (Å²) >= 11 is 1.61. The summed E-state index contributed by atoms with van der Waals surface area (Å²) in [7, 11) is 0. The maximum atomic E-state index is 11.7. The van der Waals surface area contributed by atoms with Crippen LogP contribution in [0.1, 0.15) is 28.1 Å². The van der Waals surface area contributed by atoms with Crippen molar-refractivity contribution in [1.82, 2.24) is 4.98 Å². The van der Waals surface area contributed by atoms with Crippen LogP contribution in [0.25, 0.3) is 10.8 Å². The van der Waals surface area contributed by atoms with Crippen molar-refractivity contribution in [1.29, 1.82) is 0 Å². The third-order valence-corrected chi connectivity index (χ3v) is 4.93. The molecule has 0 saturated heterocycles. The summed E-state index contributed by atoms with van der Waals surface area (Å²) in [5, 5.41) is 3.54. The fourth-order valence-corrected chi connectivity index (χ4v) is 3.76. The van der Waals surface area contributed by atoms with E-state index in [0.717, 1.165) is 22.0 Å². The molecule has 0 N–H and O–H groups in total. The summed E-state index contributed by atoms with van der Waals surface area (Å²) in [4.78, 5) is 17.3. The van der Waals surface area contributed by atoms with Crippen LogP contribution in [0.4, 0.5) is 0 Å². The number of hydrogen-bond acceptors (Lipinski definition) is 4. The van der Waals surface area contributed by atoms with E-state index in [2.05, 4.69) is 47.4 Å². The van der Waals surface area contributed by atoms with E-state index in [1.54, 1.807) is 11.3 Å². The molecule has 0 radical (unpaired) electrons. The molecule has 4 heteroatoms. The van der Waals surface area contributed by atoms with Gasteiger partial charge in [0.15, 0.2) is 0 Å². The van der Waals surface area contributed by atoms with Crippen molar-refractivity contribution in [2.45, 2.75) is 26.7 Å². The zero-order chi connectivity index (χ0) is 16.2. The molecule has 0 saturated carbocycles. The fourth-order valence-electron chi connectivity index (χ4n) is 2.68. The Morgan fingerprint density at radius 3 is 2.78 bits per heavy atom. The van der Waals surface area contributed by atoms with Gasteiger partial charge in [0.2, 0.25) is 0 Å². The molecule has 3 aromatic rings. The van der Waals surface area contributed by atoms with Gasteiger partial charge < -0.3 is 4.74 Å². The van der Waals surface area contributed by atoms with E-state index in [1.807, 2.05) is 13.8 Å². The Hall–Kier alpha value is -2.20. The number of carbonyl (C=O) groups is 1. The standard InChI is InChI=1S/C19H19NO2S/c1-3-22-19(21)12-17-13(2)20-18(23-17)11-15-9-6-8-14-7-4-5-10-16(14)15/h4-10H,3,11-12H2,1-2H3. The highest BCUT2D eigenvalue weighted by atomic mass is 32.1. The minimum Gasteiger partial charge on any atom is -0.466 e. The second-order valence-corrected chi connectivity index (χ2v) is 6.58. The van der Waals surface area contributed by atoms with Crippen LogP contribution in [0.15, 0.2) is 42.5 Å². The van der Waals surface area contributed by atoms with Crippen molar-refractivity contribution in [2.75, 3.05) is 6.61 Å². The average molecular weight is 325 g/mol. The van der Waals surface area contributed by atoms with Gasteiger partial charge in [-0.25, -0.2) is 4.98 Å². The molecule has 0 atom stereocenters. The molecule has 0 aliphatic rings. The topological polar surface area (TPSA) is 39.2 Å². The number of benzene rings is 2. The van der Waals surface area contributed by atoms with Gasteiger partial charge in [-0.2, -0.15) is 0 Å². The molecule has 1 aromatic heterocycles. The average Bonchev–Trinajstić information content (AvgIpc) is 2.87. The van der Waals surface area contributed by atoms with Crippen LogP contribution in [-0.4, -0.2) is 17.6 Å². The summed E-state index contributed by atoms with van der Waals surface area (Å²) in [6, 6.07) is 14.7. The number of ether oxygens (including phenoxy) is 1. The Kier molecular flexibility index (Phi) is 4.72. The molecule has 118 valence electrons. The van der Waals surface area contributed by atoms with Gasteiger partial charge in [0, 0.05) is 11.3 Å². The molecule has 0 aliphatic heterocycles. The minimum absolute atomic E-state index is 0.184. The lowest BCUT2D eigenvalue weighted by Gasteiger charge is -2.04. The van der Waals surface area contributed by atoms with Crippen LogP contribution in [-0.2, 0) is 22.4 Å². The molecule has 0 aliphatic carbocycles. The maximum absolute atomic E-state index is 11.7. The monoisotopic (exact) mass is 325 g/mol. The highest BCUT2D eigenvalue weighted by molar-refractivity contribution is 7.11. The van der Waals surface area contributed by atoms with Crippen LogP contribution < -0.4 is 0 Å². The van der Waals surface area contributed by atoms with Crippen molar-refractivity contribution in [3.63, 3.8) is 0 Å². The predicted octanol–water partition coefficient (Wildman–Crippen LogP) is 4.30. The van der Waals surface area contributed by atoms with Crippen LogP contribution in [0.3, 0.4) is 0 Å². The number of nitrogens with zero attached hydrogens (tertiary/aromatic N) is 1. The number of aryl methyl sites for hydroxylation is 1. The van der Waals surface area contributed by atoms with Gasteiger partial charge in [0.25, 0.3) is 0 Å². The summed E-state index contributed by atoms with van der Waals surface area (Å²) in [6.45, 7) is 4.20. The molecule has 2 aromatic carbocycles. The molecule has 3 rings (SSSR count). The quantitative estimate of drug-likeness (QED) is 0.657. The molecule has 0 amide bonds. The number of fused-ring (bicyclic) bond motifs is 1. The minimum atomic E-state index is -0.184. The van der Waals surface area contributed by atoms with Crippen LogP contribution in [0.5, 0.6) is 0 Å². The summed E-state index contributed by atoms with van der Waals surface area (Å²) in [5.41, 5.74) is 2.19. The number of aromatic nitrogens is 1. The van der Waals surface area contributed by atoms with E-state index in [9.17, 15) is 4.79 Å². The van der Waals surface area contributed by atoms with E-state index >= 15 is 0 Å². The Morgan fingerprint density at radius 1 is 1.17 bits per heavy atom. The summed E-state index contributed by atoms with van der Waals surface area (Å²) in [5.74, 6) is -0.184. The first-order chi connectivity index (χ1) is 11.2. The van der Waals surface area contributed by atoms with Crippen molar-refractivity contribution in [3.8, 4) is 0 Å². The zero-order valence-electron chi connectivity index (χ0n) is 13.3. The molecule has 23 heavy (non-hydrogen) atoms. The van der Waals surface area contributed by atoms with Gasteiger partial charge in [0.05, 0.1) is 23.7 Å². The first-order valence-electron chi connectivity index (χ1n) is 7.75. The highest BCUT2D eigenvalue weighted by Gasteiger charge is 2.13. The van der Waals surface area contributed by atoms with Crippen LogP contribution in [0, 0.1) is 6.92 Å². The van der Waals surface area contributed by atoms with Crippen molar-refractivity contribution >= 4 is 28.1 Å². The predicted molar refractivity (Wildman–Crippen MR) is 93.9 cm³/mol. The van der Waals surface area contributed by atoms with Crippen molar-refractivity contribution in [2.24, 2.45) is 0 Å². The van der Waals surface area contributed by atoms with Crippen LogP contribution >= 0.6 is 11.3 Å². The van der Waals surface area contributed by atoms with Crippen molar-refractivity contribution in [3.05, 3.63) is 63.6 Å². The van der Waals surface area contributed by atoms with Gasteiger partial charge in [0.1, 0.15) is 0 Å². The van der Waals surface area contributed by atoms with Gasteiger partial charge in [-0.05, 0) is 30.2 Å². The van der Waals surface area contributed by atoms with E-state index in [4.69, 9.17) is 4.74 Å². The van der Waals surface area contributed by atoms with E-state index in [0.29, 0.717) is 13.0 Å². The third kappa shape index (κ3) is 3.59. The van der Waals surface area contributed by atoms with Gasteiger partial charge in [-0.15, -0.1) is 11.3 Å². The normalized spacial score (nSPS) is 10.9. The maximum Gasteiger partial charge on any atom is 0.311 e. The molecular weight excluding hydrogens is 306 g/mol. The van der Waals surface area contributed by atoms with Gasteiger partial charge >= 0.3 is 5.97 Å². The number of rotatable bonds is 5. The SMILES string of the molecule is CCOC(=O)Cc1sc(Cc2cccc3ccccc23)nc1C. The fraction of sp³-hybridized carbons (Fsp3) is 0.263. The smallest absolute Gasteiger partial charge is 0.311 e. The number of hydrogen-bond donors (Lipinski definition) is 0. The summed E-state index contributed by atoms with van der Waals surface area (Å²) < 4.78 is 5.03. The molecule has 3 nitrogen and oxygen atoms in total. The Bertz CT molecular complexity index is 833. The third-order valence-electron chi connectivity index (χ3n) is 3.77. The van der Waals surface area contributed by atoms with E-state index in [-0.39, 0.29) is 5.97 Å². The molecular formula is C19H19NO2S. The van der Waals surface area contributed by atoms with Crippen molar-refractivity contribution < 1.29 is 9.53 Å². The Labute approximate surface area is 139 Å². The zero-order valence-corrected chi connectivity index (χ0v) is 14.2. The van der Waals surface area contributed by atoms with E-state index < -0.39 is 0 Å². The second kappa shape index (κ2) is 6.92. The first kappa shape index (κ1) is 15.7. The Balaban J connectivity index is 1.84. The largest absolute Gasteiger partial charge is 0.466 e. The molecule has 0 spiro atoms. The van der Waals surface area contributed by atoms with Gasteiger partial charge in [-0.3, -0.25) is 4.79 Å². The first-order valence-corrected chi connectivity index (χ1v) is 8.56. The van der Waals surface area contributed by atoms with E-state index in [1.165, 1.54) is 16.3 Å². The second-order valence-electron chi connectivity index (χ2n) is 5.41. The number of thiazole rings is 1. The lowest BCUT2D eigenvalue weighted by atomic mass is 10.0. The summed E-state index contributed by atoms with van der Waals surface area (Å²) in [6.07, 6.45) is 1.10. The highest BCUT2D eigenvalue weighted by Crippen LogP contribution is 2.25. The Morgan fingerprint density at radius 2 is 1.96 bits per heavy atom. The lowest BCUT2D eigenvalue weighted by molar-refractivity contribution is -0.142. The molecule has 0 fully saturated rings. The lowest BCUT2D eigenvalue weighted by Crippen LogP contribution is -2.07.